The van der Waals surface area contributed by atoms with Crippen LogP contribution in [-0.2, 0) is 4.79 Å². The quantitative estimate of drug-likeness (QED) is 0.747. The van der Waals surface area contributed by atoms with Crippen molar-refractivity contribution in [3.8, 4) is 0 Å². The molecule has 1 amide bonds. The summed E-state index contributed by atoms with van der Waals surface area (Å²) in [4.78, 5) is 16.7. The zero-order valence-electron chi connectivity index (χ0n) is 11.9. The number of nitrogens with one attached hydrogen (secondary N) is 1. The van der Waals surface area contributed by atoms with Gasteiger partial charge in [0.05, 0.1) is 6.04 Å². The first kappa shape index (κ1) is 15.8. The summed E-state index contributed by atoms with van der Waals surface area (Å²) < 4.78 is 0. The van der Waals surface area contributed by atoms with Gasteiger partial charge in [0.1, 0.15) is 0 Å². The number of hydrogen-bond donors (Lipinski definition) is 1. The van der Waals surface area contributed by atoms with E-state index in [1.54, 1.807) is 0 Å². The number of carbonyl (C=O) groups excluding carboxylic acids is 1. The Hall–Kier alpha value is -0.260. The fourth-order valence-electron chi connectivity index (χ4n) is 2.16. The molecule has 0 saturated carbocycles. The first-order chi connectivity index (χ1) is 8.69. The minimum absolute atomic E-state index is 0.0132. The van der Waals surface area contributed by atoms with Crippen LogP contribution in [0.15, 0.2) is 0 Å². The van der Waals surface area contributed by atoms with Crippen molar-refractivity contribution in [1.29, 1.82) is 0 Å². The van der Waals surface area contributed by atoms with Crippen molar-refractivity contribution in [2.45, 2.75) is 26.3 Å². The monoisotopic (exact) mass is 273 g/mol. The van der Waals surface area contributed by atoms with Crippen LogP contribution in [0.5, 0.6) is 0 Å². The molecule has 0 spiro atoms. The van der Waals surface area contributed by atoms with Gasteiger partial charge in [-0.1, -0.05) is 6.92 Å². The molecule has 1 atom stereocenters. The lowest BCUT2D eigenvalue weighted by Gasteiger charge is -2.37. The predicted octanol–water partition coefficient (Wildman–Crippen LogP) is 0.882. The van der Waals surface area contributed by atoms with Crippen molar-refractivity contribution in [3.63, 3.8) is 0 Å². The summed E-state index contributed by atoms with van der Waals surface area (Å²) in [6.45, 7) is 10.3. The normalized spacial score (nSPS) is 19.7. The largest absolute Gasteiger partial charge is 0.355 e. The zero-order chi connectivity index (χ0) is 13.4. The van der Waals surface area contributed by atoms with Crippen LogP contribution in [0, 0.1) is 0 Å². The molecule has 18 heavy (non-hydrogen) atoms. The Kier molecular flexibility index (Phi) is 7.70. The Bertz CT molecular complexity index is 242. The lowest BCUT2D eigenvalue weighted by atomic mass is 10.2. The minimum Gasteiger partial charge on any atom is -0.355 e. The third-order valence-electron chi connectivity index (χ3n) is 3.49. The van der Waals surface area contributed by atoms with Crippen molar-refractivity contribution in [1.82, 2.24) is 15.1 Å². The third-order valence-corrected chi connectivity index (χ3v) is 4.09. The molecule has 1 N–H and O–H groups in total. The number of nitrogens with zero attached hydrogens (tertiary/aromatic N) is 2. The average Bonchev–Trinajstić information content (AvgIpc) is 2.42. The number of amides is 1. The van der Waals surface area contributed by atoms with Crippen LogP contribution in [0.1, 0.15) is 20.3 Å². The van der Waals surface area contributed by atoms with E-state index in [1.165, 1.54) is 12.3 Å². The second kappa shape index (κ2) is 8.77. The van der Waals surface area contributed by atoms with Crippen molar-refractivity contribution in [2.24, 2.45) is 0 Å². The second-order valence-corrected chi connectivity index (χ2v) is 5.82. The summed E-state index contributed by atoms with van der Waals surface area (Å²) in [6, 6.07) is 0.0132. The van der Waals surface area contributed by atoms with E-state index in [2.05, 4.69) is 28.3 Å². The van der Waals surface area contributed by atoms with E-state index in [0.29, 0.717) is 0 Å². The summed E-state index contributed by atoms with van der Waals surface area (Å²) >= 11 is 1.90. The van der Waals surface area contributed by atoms with Crippen molar-refractivity contribution in [3.05, 3.63) is 0 Å². The van der Waals surface area contributed by atoms with Crippen LogP contribution < -0.4 is 5.32 Å². The Balaban J connectivity index is 2.26. The molecule has 106 valence electrons. The Morgan fingerprint density at radius 1 is 1.33 bits per heavy atom. The van der Waals surface area contributed by atoms with Crippen LogP contribution in [0.25, 0.3) is 0 Å². The van der Waals surface area contributed by atoms with Gasteiger partial charge in [0, 0.05) is 45.0 Å². The highest BCUT2D eigenvalue weighted by molar-refractivity contribution is 7.98. The first-order valence-electron chi connectivity index (χ1n) is 6.92. The van der Waals surface area contributed by atoms with Gasteiger partial charge in [0.25, 0.3) is 0 Å². The SMILES string of the molecule is CCCNC(=O)C(C)N1CCN(CCSC)CC1. The minimum atomic E-state index is 0.0132. The van der Waals surface area contributed by atoms with E-state index < -0.39 is 0 Å². The highest BCUT2D eigenvalue weighted by atomic mass is 32.2. The van der Waals surface area contributed by atoms with Gasteiger partial charge in [-0.05, 0) is 19.6 Å². The van der Waals surface area contributed by atoms with Crippen molar-refractivity contribution >= 4 is 17.7 Å². The van der Waals surface area contributed by atoms with Gasteiger partial charge in [0.15, 0.2) is 0 Å². The van der Waals surface area contributed by atoms with E-state index in [0.717, 1.165) is 39.1 Å². The standard InChI is InChI=1S/C13H27N3OS/c1-4-5-14-13(17)12(2)16-8-6-15(7-9-16)10-11-18-3/h12H,4-11H2,1-3H3,(H,14,17). The predicted molar refractivity (Wildman–Crippen MR) is 79.2 cm³/mol. The molecule has 1 rings (SSSR count). The molecular weight excluding hydrogens is 246 g/mol. The smallest absolute Gasteiger partial charge is 0.237 e. The van der Waals surface area contributed by atoms with E-state index >= 15 is 0 Å². The maximum atomic E-state index is 11.9. The second-order valence-electron chi connectivity index (χ2n) is 4.84. The molecule has 4 nitrogen and oxygen atoms in total. The van der Waals surface area contributed by atoms with Gasteiger partial charge in [0.2, 0.25) is 5.91 Å². The van der Waals surface area contributed by atoms with Crippen LogP contribution in [0.2, 0.25) is 0 Å². The molecular formula is C13H27N3OS. The lowest BCUT2D eigenvalue weighted by molar-refractivity contribution is -0.126. The molecule has 0 aromatic carbocycles. The molecule has 0 radical (unpaired) electrons. The lowest BCUT2D eigenvalue weighted by Crippen LogP contribution is -2.54. The van der Waals surface area contributed by atoms with Gasteiger partial charge >= 0.3 is 0 Å². The van der Waals surface area contributed by atoms with Crippen LogP contribution >= 0.6 is 11.8 Å². The number of rotatable bonds is 7. The molecule has 0 bridgehead atoms. The summed E-state index contributed by atoms with van der Waals surface area (Å²) in [5.41, 5.74) is 0. The van der Waals surface area contributed by atoms with E-state index in [1.807, 2.05) is 18.7 Å². The molecule has 0 aliphatic carbocycles. The Morgan fingerprint density at radius 2 is 2.00 bits per heavy atom. The van der Waals surface area contributed by atoms with Gasteiger partial charge in [-0.2, -0.15) is 11.8 Å². The number of carbonyl (C=O) groups is 1. The van der Waals surface area contributed by atoms with Gasteiger partial charge in [-0.3, -0.25) is 14.6 Å². The van der Waals surface area contributed by atoms with E-state index in [4.69, 9.17) is 0 Å². The summed E-state index contributed by atoms with van der Waals surface area (Å²) in [5.74, 6) is 1.38. The van der Waals surface area contributed by atoms with Gasteiger partial charge < -0.3 is 5.32 Å². The van der Waals surface area contributed by atoms with Crippen molar-refractivity contribution in [2.75, 3.05) is 51.3 Å². The molecule has 1 aliphatic heterocycles. The van der Waals surface area contributed by atoms with Crippen LogP contribution in [-0.4, -0.2) is 73.0 Å². The molecule has 1 fully saturated rings. The maximum absolute atomic E-state index is 11.9. The number of piperazine rings is 1. The molecule has 5 heteroatoms. The molecule has 1 unspecified atom stereocenters. The molecule has 0 aromatic rings. The fourth-order valence-corrected chi connectivity index (χ4v) is 2.60. The Morgan fingerprint density at radius 3 is 2.56 bits per heavy atom. The molecule has 0 aromatic heterocycles. The number of thioether (sulfide) groups is 1. The van der Waals surface area contributed by atoms with Crippen molar-refractivity contribution < 1.29 is 4.79 Å². The van der Waals surface area contributed by atoms with Crippen LogP contribution in [0.3, 0.4) is 0 Å². The zero-order valence-corrected chi connectivity index (χ0v) is 12.8. The molecule has 1 heterocycles. The summed E-state index contributed by atoms with van der Waals surface area (Å²) in [5, 5.41) is 2.98. The van der Waals surface area contributed by atoms with Crippen LogP contribution in [0.4, 0.5) is 0 Å². The Labute approximate surface area is 115 Å². The third kappa shape index (κ3) is 5.16. The maximum Gasteiger partial charge on any atom is 0.237 e. The highest BCUT2D eigenvalue weighted by Gasteiger charge is 2.24. The fraction of sp³-hybridized carbons (Fsp3) is 0.923. The highest BCUT2D eigenvalue weighted by Crippen LogP contribution is 2.07. The average molecular weight is 273 g/mol. The molecule has 1 saturated heterocycles. The van der Waals surface area contributed by atoms with E-state index in [9.17, 15) is 4.79 Å². The number of hydrogen-bond acceptors (Lipinski definition) is 4. The first-order valence-corrected chi connectivity index (χ1v) is 8.31. The van der Waals surface area contributed by atoms with Gasteiger partial charge in [-0.15, -0.1) is 0 Å². The van der Waals surface area contributed by atoms with E-state index in [-0.39, 0.29) is 11.9 Å². The summed E-state index contributed by atoms with van der Waals surface area (Å²) in [6.07, 6.45) is 3.15. The topological polar surface area (TPSA) is 35.6 Å². The summed E-state index contributed by atoms with van der Waals surface area (Å²) in [7, 11) is 0. The molecule has 1 aliphatic rings. The van der Waals surface area contributed by atoms with Gasteiger partial charge in [-0.25, -0.2) is 0 Å².